The Balaban J connectivity index is 2.52. The number of nitrogens with one attached hydrogen (secondary N) is 2. The van der Waals surface area contributed by atoms with Gasteiger partial charge in [-0.2, -0.15) is 0 Å². The minimum Gasteiger partial charge on any atom is -0.343 e. The molecule has 0 aliphatic carbocycles. The van der Waals surface area contributed by atoms with Crippen molar-refractivity contribution in [3.05, 3.63) is 29.8 Å². The molecule has 0 spiro atoms. The molecule has 1 aromatic carbocycles. The van der Waals surface area contributed by atoms with Gasteiger partial charge in [-0.15, -0.1) is 0 Å². The lowest BCUT2D eigenvalue weighted by atomic mass is 10.2. The Morgan fingerprint density at radius 3 is 2.40 bits per heavy atom. The number of rotatable bonds is 7. The van der Waals surface area contributed by atoms with Crippen molar-refractivity contribution >= 4 is 15.9 Å². The summed E-state index contributed by atoms with van der Waals surface area (Å²) in [4.78, 5) is 13.2. The van der Waals surface area contributed by atoms with Gasteiger partial charge in [-0.1, -0.05) is 17.7 Å². The van der Waals surface area contributed by atoms with Crippen molar-refractivity contribution in [2.75, 3.05) is 33.7 Å². The number of hydrogen-bond donors (Lipinski definition) is 2. The van der Waals surface area contributed by atoms with Crippen molar-refractivity contribution in [1.82, 2.24) is 14.9 Å². The second-order valence-corrected chi connectivity index (χ2v) is 6.32. The van der Waals surface area contributed by atoms with Crippen LogP contribution in [-0.2, 0) is 14.8 Å². The molecule has 0 saturated carbocycles. The highest BCUT2D eigenvalue weighted by atomic mass is 32.2. The number of nitrogens with zero attached hydrogens (tertiary/aromatic N) is 1. The third kappa shape index (κ3) is 4.92. The van der Waals surface area contributed by atoms with Crippen molar-refractivity contribution in [3.63, 3.8) is 0 Å². The molecule has 0 aliphatic heterocycles. The van der Waals surface area contributed by atoms with E-state index in [9.17, 15) is 13.2 Å². The quantitative estimate of drug-likeness (QED) is 0.740. The van der Waals surface area contributed by atoms with Gasteiger partial charge >= 0.3 is 0 Å². The summed E-state index contributed by atoms with van der Waals surface area (Å²) < 4.78 is 26.5. The Morgan fingerprint density at radius 1 is 1.25 bits per heavy atom. The molecule has 0 fully saturated rings. The largest absolute Gasteiger partial charge is 0.343 e. The summed E-state index contributed by atoms with van der Waals surface area (Å²) in [6, 6.07) is 6.62. The van der Waals surface area contributed by atoms with Gasteiger partial charge in [-0.3, -0.25) is 4.79 Å². The number of sulfonamides is 1. The topological polar surface area (TPSA) is 78.5 Å². The molecule has 0 aromatic heterocycles. The lowest BCUT2D eigenvalue weighted by Gasteiger charge is -2.17. The van der Waals surface area contributed by atoms with Crippen molar-refractivity contribution < 1.29 is 13.2 Å². The molecule has 7 heteroatoms. The van der Waals surface area contributed by atoms with Crippen LogP contribution in [0.3, 0.4) is 0 Å². The molecule has 1 aromatic rings. The highest BCUT2D eigenvalue weighted by molar-refractivity contribution is 7.89. The number of likely N-dealkylation sites (N-methyl/N-ethyl adjacent to an activating group) is 2. The molecule has 0 radical (unpaired) electrons. The molecule has 1 rings (SSSR count). The maximum atomic E-state index is 12.0. The van der Waals surface area contributed by atoms with Gasteiger partial charge in [-0.25, -0.2) is 13.1 Å². The average Bonchev–Trinajstić information content (AvgIpc) is 2.39. The zero-order chi connectivity index (χ0) is 15.2. The Hall–Kier alpha value is -1.44. The van der Waals surface area contributed by atoms with Gasteiger partial charge in [0.05, 0.1) is 11.4 Å². The van der Waals surface area contributed by atoms with Gasteiger partial charge in [0.1, 0.15) is 0 Å². The number of hydrogen-bond acceptors (Lipinski definition) is 4. The van der Waals surface area contributed by atoms with E-state index >= 15 is 0 Å². The fourth-order valence-corrected chi connectivity index (χ4v) is 2.58. The third-order valence-electron chi connectivity index (χ3n) is 2.82. The Labute approximate surface area is 120 Å². The molecule has 2 N–H and O–H groups in total. The normalized spacial score (nSPS) is 11.3. The van der Waals surface area contributed by atoms with Crippen LogP contribution in [-0.4, -0.2) is 53.0 Å². The second kappa shape index (κ2) is 7.37. The Morgan fingerprint density at radius 2 is 1.85 bits per heavy atom. The number of benzene rings is 1. The van der Waals surface area contributed by atoms with Gasteiger partial charge in [-0.05, 0) is 26.1 Å². The first-order valence-electron chi connectivity index (χ1n) is 6.31. The molecule has 112 valence electrons. The first kappa shape index (κ1) is 16.6. The number of carbonyl (C=O) groups is 1. The van der Waals surface area contributed by atoms with E-state index in [-0.39, 0.29) is 23.9 Å². The van der Waals surface area contributed by atoms with Crippen LogP contribution in [0.15, 0.2) is 29.2 Å². The molecule has 0 aliphatic rings. The predicted molar refractivity (Wildman–Crippen MR) is 77.9 cm³/mol. The Bertz CT molecular complexity index is 540. The fourth-order valence-electron chi connectivity index (χ4n) is 1.56. The molecule has 6 nitrogen and oxygen atoms in total. The molecule has 0 heterocycles. The molecule has 0 bridgehead atoms. The molecular formula is C13H21N3O3S. The number of carbonyl (C=O) groups excluding carboxylic acids is 1. The van der Waals surface area contributed by atoms with E-state index in [2.05, 4.69) is 10.0 Å². The third-order valence-corrected chi connectivity index (χ3v) is 4.30. The van der Waals surface area contributed by atoms with Crippen LogP contribution in [0.1, 0.15) is 5.56 Å². The zero-order valence-electron chi connectivity index (χ0n) is 12.0. The first-order valence-corrected chi connectivity index (χ1v) is 7.80. The smallest absolute Gasteiger partial charge is 0.240 e. The molecule has 1 amide bonds. The van der Waals surface area contributed by atoms with Crippen LogP contribution < -0.4 is 10.0 Å². The van der Waals surface area contributed by atoms with Crippen molar-refractivity contribution in [3.8, 4) is 0 Å². The second-order valence-electron chi connectivity index (χ2n) is 4.56. The van der Waals surface area contributed by atoms with Crippen molar-refractivity contribution in [2.24, 2.45) is 0 Å². The van der Waals surface area contributed by atoms with Crippen LogP contribution in [0.25, 0.3) is 0 Å². The number of amides is 1. The van der Waals surface area contributed by atoms with Crippen LogP contribution in [0.5, 0.6) is 0 Å². The molecule has 0 unspecified atom stereocenters. The van der Waals surface area contributed by atoms with E-state index in [0.29, 0.717) is 6.54 Å². The highest BCUT2D eigenvalue weighted by Gasteiger charge is 2.14. The van der Waals surface area contributed by atoms with E-state index in [0.717, 1.165) is 5.56 Å². The summed E-state index contributed by atoms with van der Waals surface area (Å²) in [7, 11) is -0.189. The SMILES string of the molecule is CNCC(=O)N(C)CCNS(=O)(=O)c1ccc(C)cc1. The van der Waals surface area contributed by atoms with E-state index in [1.54, 1.807) is 38.4 Å². The van der Waals surface area contributed by atoms with E-state index in [4.69, 9.17) is 0 Å². The van der Waals surface area contributed by atoms with Crippen LogP contribution >= 0.6 is 0 Å². The lowest BCUT2D eigenvalue weighted by Crippen LogP contribution is -2.39. The van der Waals surface area contributed by atoms with Crippen molar-refractivity contribution in [2.45, 2.75) is 11.8 Å². The van der Waals surface area contributed by atoms with E-state index < -0.39 is 10.0 Å². The fraction of sp³-hybridized carbons (Fsp3) is 0.462. The minimum absolute atomic E-state index is 0.0815. The van der Waals surface area contributed by atoms with Gasteiger partial charge in [0.25, 0.3) is 0 Å². The van der Waals surface area contributed by atoms with E-state index in [1.807, 2.05) is 6.92 Å². The summed E-state index contributed by atoms with van der Waals surface area (Å²) in [5.41, 5.74) is 1.00. The maximum Gasteiger partial charge on any atom is 0.240 e. The monoisotopic (exact) mass is 299 g/mol. The van der Waals surface area contributed by atoms with Crippen LogP contribution in [0.4, 0.5) is 0 Å². The molecule has 0 atom stereocenters. The van der Waals surface area contributed by atoms with Gasteiger partial charge < -0.3 is 10.2 Å². The maximum absolute atomic E-state index is 12.0. The Kier molecular flexibility index (Phi) is 6.12. The summed E-state index contributed by atoms with van der Waals surface area (Å²) >= 11 is 0. The van der Waals surface area contributed by atoms with Gasteiger partial charge in [0.15, 0.2) is 0 Å². The van der Waals surface area contributed by atoms with Crippen molar-refractivity contribution in [1.29, 1.82) is 0 Å². The summed E-state index contributed by atoms with van der Waals surface area (Å²) in [6.07, 6.45) is 0. The number of aryl methyl sites for hydroxylation is 1. The zero-order valence-corrected chi connectivity index (χ0v) is 12.8. The molecule has 0 saturated heterocycles. The van der Waals surface area contributed by atoms with Gasteiger partial charge in [0, 0.05) is 20.1 Å². The summed E-state index contributed by atoms with van der Waals surface area (Å²) in [5.74, 6) is -0.0815. The average molecular weight is 299 g/mol. The summed E-state index contributed by atoms with van der Waals surface area (Å²) in [5, 5.41) is 2.76. The standard InChI is InChI=1S/C13H21N3O3S/c1-11-4-6-12(7-5-11)20(18,19)15-8-9-16(3)13(17)10-14-2/h4-7,14-15H,8-10H2,1-3H3. The molecule has 20 heavy (non-hydrogen) atoms. The van der Waals surface area contributed by atoms with Crippen LogP contribution in [0, 0.1) is 6.92 Å². The lowest BCUT2D eigenvalue weighted by molar-refractivity contribution is -0.128. The first-order chi connectivity index (χ1) is 9.36. The predicted octanol–water partition coefficient (Wildman–Crippen LogP) is -0.0489. The molecular weight excluding hydrogens is 278 g/mol. The minimum atomic E-state index is -3.51. The summed E-state index contributed by atoms with van der Waals surface area (Å²) in [6.45, 7) is 2.64. The highest BCUT2D eigenvalue weighted by Crippen LogP contribution is 2.09. The van der Waals surface area contributed by atoms with E-state index in [1.165, 1.54) is 4.90 Å². The van der Waals surface area contributed by atoms with Gasteiger partial charge in [0.2, 0.25) is 15.9 Å². The van der Waals surface area contributed by atoms with Crippen LogP contribution in [0.2, 0.25) is 0 Å².